The number of hydrogen-bond donors (Lipinski definition) is 0. The SMILES string of the molecule is CC(C)N1C[C@]2(CCCN(Cc3cnc(Cl)cn3)C2)C1=O. The van der Waals surface area contributed by atoms with Crippen molar-refractivity contribution < 1.29 is 4.79 Å². The van der Waals surface area contributed by atoms with Crippen LogP contribution in [0, 0.1) is 5.41 Å². The molecule has 1 spiro atoms. The van der Waals surface area contributed by atoms with E-state index in [1.807, 2.05) is 4.90 Å². The molecular weight excluding hydrogens is 288 g/mol. The summed E-state index contributed by atoms with van der Waals surface area (Å²) in [6.07, 6.45) is 5.37. The third-order valence-electron chi connectivity index (χ3n) is 4.53. The second kappa shape index (κ2) is 5.54. The molecule has 0 aliphatic carbocycles. The molecule has 1 aromatic rings. The Balaban J connectivity index is 1.64. The minimum Gasteiger partial charge on any atom is -0.339 e. The maximum atomic E-state index is 12.5. The Bertz CT molecular complexity index is 533. The summed E-state index contributed by atoms with van der Waals surface area (Å²) in [5.74, 6) is 0.324. The molecule has 0 aromatic carbocycles. The van der Waals surface area contributed by atoms with E-state index in [4.69, 9.17) is 11.6 Å². The van der Waals surface area contributed by atoms with Crippen molar-refractivity contribution in [1.82, 2.24) is 19.8 Å². The van der Waals surface area contributed by atoms with Crippen LogP contribution in [0.15, 0.2) is 12.4 Å². The van der Waals surface area contributed by atoms with Crippen LogP contribution in [0.4, 0.5) is 0 Å². The second-order valence-electron chi connectivity index (χ2n) is 6.45. The summed E-state index contributed by atoms with van der Waals surface area (Å²) in [6.45, 7) is 7.64. The Morgan fingerprint density at radius 3 is 2.76 bits per heavy atom. The van der Waals surface area contributed by atoms with Gasteiger partial charge in [-0.15, -0.1) is 0 Å². The van der Waals surface area contributed by atoms with E-state index < -0.39 is 0 Å². The zero-order chi connectivity index (χ0) is 15.0. The highest BCUT2D eigenvalue weighted by atomic mass is 35.5. The van der Waals surface area contributed by atoms with Gasteiger partial charge in [0.2, 0.25) is 5.91 Å². The average Bonchev–Trinajstić information content (AvgIpc) is 2.47. The number of piperidine rings is 1. The molecule has 6 heteroatoms. The topological polar surface area (TPSA) is 49.3 Å². The smallest absolute Gasteiger partial charge is 0.232 e. The first-order valence-electron chi connectivity index (χ1n) is 7.50. The van der Waals surface area contributed by atoms with Gasteiger partial charge in [-0.2, -0.15) is 0 Å². The highest BCUT2D eigenvalue weighted by Gasteiger charge is 2.54. The van der Waals surface area contributed by atoms with Crippen molar-refractivity contribution in [3.8, 4) is 0 Å². The third-order valence-corrected chi connectivity index (χ3v) is 4.72. The first kappa shape index (κ1) is 14.7. The van der Waals surface area contributed by atoms with Gasteiger partial charge in [-0.25, -0.2) is 4.98 Å². The molecule has 2 aliphatic rings. The number of aromatic nitrogens is 2. The van der Waals surface area contributed by atoms with Gasteiger partial charge < -0.3 is 4.90 Å². The van der Waals surface area contributed by atoms with E-state index in [1.165, 1.54) is 0 Å². The summed E-state index contributed by atoms with van der Waals surface area (Å²) in [5.41, 5.74) is 0.756. The number of carbonyl (C=O) groups excluding carboxylic acids is 1. The van der Waals surface area contributed by atoms with Crippen LogP contribution in [0.25, 0.3) is 0 Å². The van der Waals surface area contributed by atoms with Crippen molar-refractivity contribution in [2.24, 2.45) is 5.41 Å². The van der Waals surface area contributed by atoms with Gasteiger partial charge in [-0.1, -0.05) is 11.6 Å². The first-order valence-corrected chi connectivity index (χ1v) is 7.88. The Labute approximate surface area is 130 Å². The monoisotopic (exact) mass is 308 g/mol. The summed E-state index contributed by atoms with van der Waals surface area (Å²) in [6, 6.07) is 0.306. The van der Waals surface area contributed by atoms with E-state index in [9.17, 15) is 4.79 Å². The number of β-lactam (4-membered cyclic amide) rings is 1. The number of carbonyl (C=O) groups is 1. The molecule has 0 bridgehead atoms. The van der Waals surface area contributed by atoms with Gasteiger partial charge in [0, 0.05) is 25.7 Å². The molecule has 3 rings (SSSR count). The first-order chi connectivity index (χ1) is 10.00. The molecule has 114 valence electrons. The fourth-order valence-corrected chi connectivity index (χ4v) is 3.51. The Morgan fingerprint density at radius 2 is 2.14 bits per heavy atom. The summed E-state index contributed by atoms with van der Waals surface area (Å²) in [5, 5.41) is 0.413. The molecule has 1 amide bonds. The van der Waals surface area contributed by atoms with Crippen LogP contribution in [0.3, 0.4) is 0 Å². The quantitative estimate of drug-likeness (QED) is 0.801. The third kappa shape index (κ3) is 2.77. The highest BCUT2D eigenvalue weighted by molar-refractivity contribution is 6.29. The number of rotatable bonds is 3. The van der Waals surface area contributed by atoms with Gasteiger partial charge in [0.25, 0.3) is 0 Å². The molecule has 2 fully saturated rings. The fraction of sp³-hybridized carbons (Fsp3) is 0.667. The summed E-state index contributed by atoms with van der Waals surface area (Å²) >= 11 is 5.76. The lowest BCUT2D eigenvalue weighted by Gasteiger charge is -2.54. The minimum absolute atomic E-state index is 0.150. The number of halogens is 1. The van der Waals surface area contributed by atoms with Crippen molar-refractivity contribution in [3.63, 3.8) is 0 Å². The van der Waals surface area contributed by atoms with Crippen molar-refractivity contribution in [2.45, 2.75) is 39.3 Å². The molecule has 1 atom stereocenters. The van der Waals surface area contributed by atoms with Crippen LogP contribution in [-0.2, 0) is 11.3 Å². The molecular formula is C15H21ClN4O. The molecule has 2 saturated heterocycles. The van der Waals surface area contributed by atoms with Gasteiger partial charge in [-0.05, 0) is 33.2 Å². The largest absolute Gasteiger partial charge is 0.339 e. The van der Waals surface area contributed by atoms with Crippen LogP contribution < -0.4 is 0 Å². The Hall–Kier alpha value is -1.20. The van der Waals surface area contributed by atoms with E-state index in [0.717, 1.165) is 44.7 Å². The van der Waals surface area contributed by atoms with Gasteiger partial charge >= 0.3 is 0 Å². The van der Waals surface area contributed by atoms with Crippen LogP contribution in [0.5, 0.6) is 0 Å². The normalized spacial score (nSPS) is 26.5. The molecule has 2 aliphatic heterocycles. The number of amides is 1. The van der Waals surface area contributed by atoms with Gasteiger partial charge in [-0.3, -0.25) is 14.7 Å². The summed E-state index contributed by atoms with van der Waals surface area (Å²) < 4.78 is 0. The lowest BCUT2D eigenvalue weighted by molar-refractivity contribution is -0.169. The molecule has 3 heterocycles. The van der Waals surface area contributed by atoms with Crippen molar-refractivity contribution in [1.29, 1.82) is 0 Å². The summed E-state index contributed by atoms with van der Waals surface area (Å²) in [7, 11) is 0. The van der Waals surface area contributed by atoms with Crippen molar-refractivity contribution in [2.75, 3.05) is 19.6 Å². The molecule has 21 heavy (non-hydrogen) atoms. The summed E-state index contributed by atoms with van der Waals surface area (Å²) in [4.78, 5) is 25.1. The van der Waals surface area contributed by atoms with Crippen LogP contribution in [0.2, 0.25) is 5.15 Å². The van der Waals surface area contributed by atoms with E-state index >= 15 is 0 Å². The van der Waals surface area contributed by atoms with E-state index in [1.54, 1.807) is 12.4 Å². The molecule has 0 radical (unpaired) electrons. The minimum atomic E-state index is -0.150. The zero-order valence-electron chi connectivity index (χ0n) is 12.5. The van der Waals surface area contributed by atoms with Gasteiger partial charge in [0.15, 0.2) is 0 Å². The Kier molecular flexibility index (Phi) is 3.88. The zero-order valence-corrected chi connectivity index (χ0v) is 13.3. The van der Waals surface area contributed by atoms with Gasteiger partial charge in [0.1, 0.15) is 5.15 Å². The van der Waals surface area contributed by atoms with Crippen LogP contribution in [-0.4, -0.2) is 51.4 Å². The maximum Gasteiger partial charge on any atom is 0.232 e. The maximum absolute atomic E-state index is 12.5. The molecule has 0 N–H and O–H groups in total. The van der Waals surface area contributed by atoms with Crippen LogP contribution in [0.1, 0.15) is 32.4 Å². The van der Waals surface area contributed by atoms with E-state index in [0.29, 0.717) is 17.1 Å². The standard InChI is InChI=1S/C15H21ClN4O/c1-11(2)20-10-15(14(20)21)4-3-5-19(9-15)8-12-6-18-13(16)7-17-12/h6-7,11H,3-5,8-10H2,1-2H3/t15-/m1/s1. The predicted molar refractivity (Wildman–Crippen MR) is 80.8 cm³/mol. The Morgan fingerprint density at radius 1 is 1.33 bits per heavy atom. The molecule has 5 nitrogen and oxygen atoms in total. The molecule has 0 unspecified atom stereocenters. The van der Waals surface area contributed by atoms with Gasteiger partial charge in [0.05, 0.1) is 23.5 Å². The second-order valence-corrected chi connectivity index (χ2v) is 6.84. The number of likely N-dealkylation sites (tertiary alicyclic amines) is 2. The molecule has 0 saturated carbocycles. The lowest BCUT2D eigenvalue weighted by Crippen LogP contribution is -2.68. The number of hydrogen-bond acceptors (Lipinski definition) is 4. The highest BCUT2D eigenvalue weighted by Crippen LogP contribution is 2.41. The lowest BCUT2D eigenvalue weighted by atomic mass is 9.71. The predicted octanol–water partition coefficient (Wildman–Crippen LogP) is 1.96. The van der Waals surface area contributed by atoms with E-state index in [2.05, 4.69) is 28.7 Å². The van der Waals surface area contributed by atoms with Crippen molar-refractivity contribution in [3.05, 3.63) is 23.2 Å². The van der Waals surface area contributed by atoms with Crippen LogP contribution >= 0.6 is 11.6 Å². The fourth-order valence-electron chi connectivity index (χ4n) is 3.41. The average molecular weight is 309 g/mol. The number of nitrogens with zero attached hydrogens (tertiary/aromatic N) is 4. The molecule has 1 aromatic heterocycles. The van der Waals surface area contributed by atoms with Crippen molar-refractivity contribution >= 4 is 17.5 Å². The van der Waals surface area contributed by atoms with E-state index in [-0.39, 0.29) is 5.41 Å².